The summed E-state index contributed by atoms with van der Waals surface area (Å²) in [7, 11) is 2.17. The minimum absolute atomic E-state index is 0.0206. The van der Waals surface area contributed by atoms with E-state index in [1.54, 1.807) is 12.1 Å². The fraction of sp³-hybridized carbons (Fsp3) is 0.308. The highest BCUT2D eigenvalue weighted by Gasteiger charge is 2.39. The number of benzene rings is 2. The van der Waals surface area contributed by atoms with Crippen molar-refractivity contribution in [2.75, 3.05) is 7.05 Å². The largest absolute Gasteiger partial charge is 0.487 e. The highest BCUT2D eigenvalue weighted by atomic mass is 35.5. The molecule has 174 valence electrons. The summed E-state index contributed by atoms with van der Waals surface area (Å²) >= 11 is 7.36. The van der Waals surface area contributed by atoms with Crippen molar-refractivity contribution in [3.63, 3.8) is 0 Å². The van der Waals surface area contributed by atoms with Gasteiger partial charge in [-0.05, 0) is 68.6 Å². The molecule has 2 saturated heterocycles. The number of ether oxygens (including phenoxy) is 1. The van der Waals surface area contributed by atoms with Crippen LogP contribution >= 0.6 is 22.9 Å². The minimum Gasteiger partial charge on any atom is -0.487 e. The van der Waals surface area contributed by atoms with Gasteiger partial charge in [0.1, 0.15) is 17.1 Å². The first-order valence-corrected chi connectivity index (χ1v) is 12.6. The van der Waals surface area contributed by atoms with Crippen molar-refractivity contribution in [3.05, 3.63) is 76.1 Å². The van der Waals surface area contributed by atoms with Gasteiger partial charge in [0.25, 0.3) is 5.56 Å². The molecule has 2 bridgehead atoms. The molecule has 0 aliphatic carbocycles. The molecular formula is C26H23ClFN3O2S. The van der Waals surface area contributed by atoms with Crippen molar-refractivity contribution in [1.29, 1.82) is 0 Å². The van der Waals surface area contributed by atoms with E-state index in [-0.39, 0.29) is 17.4 Å². The van der Waals surface area contributed by atoms with Gasteiger partial charge < -0.3 is 9.64 Å². The molecule has 0 radical (unpaired) electrons. The first-order chi connectivity index (χ1) is 16.5. The van der Waals surface area contributed by atoms with Crippen LogP contribution in [-0.4, -0.2) is 39.7 Å². The van der Waals surface area contributed by atoms with E-state index in [1.165, 1.54) is 41.1 Å². The van der Waals surface area contributed by atoms with E-state index in [0.29, 0.717) is 33.0 Å². The van der Waals surface area contributed by atoms with E-state index in [9.17, 15) is 4.79 Å². The Morgan fingerprint density at radius 2 is 1.82 bits per heavy atom. The van der Waals surface area contributed by atoms with Crippen LogP contribution in [0.2, 0.25) is 5.02 Å². The lowest BCUT2D eigenvalue weighted by atomic mass is 10.0. The Morgan fingerprint density at radius 3 is 2.53 bits per heavy atom. The fourth-order valence-corrected chi connectivity index (χ4v) is 6.40. The van der Waals surface area contributed by atoms with E-state index >= 15 is 4.39 Å². The quantitative estimate of drug-likeness (QED) is 0.353. The van der Waals surface area contributed by atoms with Crippen LogP contribution in [0.1, 0.15) is 25.7 Å². The maximum absolute atomic E-state index is 15.0. The standard InChI is InChI=1S/C26H23ClFN3O2S/c1-30-17-6-7-18(30)11-20(10-17)33-23-9-8-19(12-21(23)28)31-14-29-22-13-24(34-25(22)26(31)32)15-2-4-16(27)5-3-15/h2-5,8-9,12-14,17-18,20H,6-7,10-11H2,1H3. The highest BCUT2D eigenvalue weighted by Crippen LogP contribution is 2.36. The molecule has 2 unspecified atom stereocenters. The van der Waals surface area contributed by atoms with Crippen molar-refractivity contribution in [2.45, 2.75) is 43.9 Å². The number of hydrogen-bond donors (Lipinski definition) is 0. The highest BCUT2D eigenvalue weighted by molar-refractivity contribution is 7.22. The van der Waals surface area contributed by atoms with Crippen LogP contribution in [0.25, 0.3) is 26.3 Å². The molecule has 2 aromatic heterocycles. The van der Waals surface area contributed by atoms with Gasteiger partial charge in [0.2, 0.25) is 0 Å². The molecule has 0 amide bonds. The summed E-state index contributed by atoms with van der Waals surface area (Å²) in [6.45, 7) is 0. The Hall–Kier alpha value is -2.74. The second-order valence-corrected chi connectivity index (χ2v) is 10.6. The molecule has 8 heteroatoms. The average Bonchev–Trinajstić information content (AvgIpc) is 3.33. The summed E-state index contributed by atoms with van der Waals surface area (Å²) in [5.41, 5.74) is 1.78. The lowest BCUT2D eigenvalue weighted by Crippen LogP contribution is -2.43. The number of nitrogens with zero attached hydrogens (tertiary/aromatic N) is 3. The van der Waals surface area contributed by atoms with Gasteiger partial charge in [-0.2, -0.15) is 0 Å². The Morgan fingerprint density at radius 1 is 1.09 bits per heavy atom. The van der Waals surface area contributed by atoms with Crippen molar-refractivity contribution >= 4 is 33.2 Å². The van der Waals surface area contributed by atoms with Gasteiger partial charge in [0.15, 0.2) is 11.6 Å². The van der Waals surface area contributed by atoms with Crippen molar-refractivity contribution < 1.29 is 9.13 Å². The Balaban J connectivity index is 1.27. The van der Waals surface area contributed by atoms with Crippen LogP contribution in [-0.2, 0) is 0 Å². The smallest absolute Gasteiger partial charge is 0.275 e. The summed E-state index contributed by atoms with van der Waals surface area (Å²) in [5, 5.41) is 0.656. The predicted octanol–water partition coefficient (Wildman–Crippen LogP) is 5.91. The van der Waals surface area contributed by atoms with Crippen LogP contribution < -0.4 is 10.3 Å². The number of hydrogen-bond acceptors (Lipinski definition) is 5. The normalized spacial score (nSPS) is 22.4. The van der Waals surface area contributed by atoms with E-state index in [0.717, 1.165) is 23.3 Å². The third-order valence-electron chi connectivity index (χ3n) is 7.11. The molecule has 0 saturated carbocycles. The second kappa shape index (κ2) is 8.48. The van der Waals surface area contributed by atoms with E-state index in [4.69, 9.17) is 16.3 Å². The first-order valence-electron chi connectivity index (χ1n) is 11.4. The van der Waals surface area contributed by atoms with E-state index in [1.807, 2.05) is 30.3 Å². The van der Waals surface area contributed by atoms with Crippen LogP contribution in [0.15, 0.2) is 59.7 Å². The SMILES string of the molecule is CN1C2CCC1CC(Oc1ccc(-n3cnc4cc(-c5ccc(Cl)cc5)sc4c3=O)cc1F)C2. The number of halogens is 2. The predicted molar refractivity (Wildman–Crippen MR) is 134 cm³/mol. The van der Waals surface area contributed by atoms with E-state index < -0.39 is 5.82 Å². The van der Waals surface area contributed by atoms with Gasteiger partial charge in [-0.25, -0.2) is 9.37 Å². The topological polar surface area (TPSA) is 47.4 Å². The zero-order valence-electron chi connectivity index (χ0n) is 18.6. The van der Waals surface area contributed by atoms with Crippen molar-refractivity contribution in [1.82, 2.24) is 14.5 Å². The average molecular weight is 496 g/mol. The van der Waals surface area contributed by atoms with Crippen LogP contribution in [0.5, 0.6) is 5.75 Å². The zero-order chi connectivity index (χ0) is 23.4. The van der Waals surface area contributed by atoms with E-state index in [2.05, 4.69) is 16.9 Å². The molecule has 2 aromatic carbocycles. The molecule has 5 nitrogen and oxygen atoms in total. The van der Waals surface area contributed by atoms with Gasteiger partial charge in [-0.15, -0.1) is 11.3 Å². The van der Waals surface area contributed by atoms with Crippen LogP contribution in [0.3, 0.4) is 0 Å². The zero-order valence-corrected chi connectivity index (χ0v) is 20.2. The third kappa shape index (κ3) is 3.82. The molecule has 6 rings (SSSR count). The van der Waals surface area contributed by atoms with Gasteiger partial charge in [0, 0.05) is 28.0 Å². The van der Waals surface area contributed by atoms with Crippen LogP contribution in [0.4, 0.5) is 4.39 Å². The molecule has 4 aromatic rings. The summed E-state index contributed by atoms with van der Waals surface area (Å²) in [6, 6.07) is 15.1. The Labute approximate surface area is 205 Å². The van der Waals surface area contributed by atoms with Gasteiger partial charge in [0.05, 0.1) is 11.2 Å². The number of aromatic nitrogens is 2. The maximum atomic E-state index is 15.0. The molecule has 2 aliphatic rings. The van der Waals surface area contributed by atoms with Crippen LogP contribution in [0, 0.1) is 5.82 Å². The monoisotopic (exact) mass is 495 g/mol. The molecule has 4 heterocycles. The van der Waals surface area contributed by atoms with Crippen molar-refractivity contribution in [3.8, 4) is 21.9 Å². The third-order valence-corrected chi connectivity index (χ3v) is 8.52. The maximum Gasteiger partial charge on any atom is 0.275 e. The minimum atomic E-state index is -0.469. The molecule has 0 spiro atoms. The first kappa shape index (κ1) is 21.8. The molecular weight excluding hydrogens is 473 g/mol. The number of fused-ring (bicyclic) bond motifs is 3. The Bertz CT molecular complexity index is 1420. The van der Waals surface area contributed by atoms with Crippen molar-refractivity contribution in [2.24, 2.45) is 0 Å². The molecule has 2 aliphatic heterocycles. The second-order valence-electron chi connectivity index (χ2n) is 9.13. The fourth-order valence-electron chi connectivity index (χ4n) is 5.23. The Kier molecular flexibility index (Phi) is 5.43. The number of rotatable bonds is 4. The lowest BCUT2D eigenvalue weighted by molar-refractivity contribution is 0.0636. The summed E-state index contributed by atoms with van der Waals surface area (Å²) in [4.78, 5) is 21.0. The molecule has 2 fully saturated rings. The van der Waals surface area contributed by atoms with Gasteiger partial charge in [-0.1, -0.05) is 23.7 Å². The lowest BCUT2D eigenvalue weighted by Gasteiger charge is -2.36. The number of thiophene rings is 1. The summed E-state index contributed by atoms with van der Waals surface area (Å²) in [5.74, 6) is -0.232. The molecule has 2 atom stereocenters. The van der Waals surface area contributed by atoms with Gasteiger partial charge >= 0.3 is 0 Å². The summed E-state index contributed by atoms with van der Waals surface area (Å²) in [6.07, 6.45) is 5.68. The molecule has 0 N–H and O–H groups in total. The molecule has 34 heavy (non-hydrogen) atoms. The summed E-state index contributed by atoms with van der Waals surface area (Å²) < 4.78 is 23.0. The van der Waals surface area contributed by atoms with Gasteiger partial charge in [-0.3, -0.25) is 9.36 Å². The number of piperidine rings is 1.